The molecule has 0 aliphatic heterocycles. The van der Waals surface area contributed by atoms with Crippen LogP contribution in [0.1, 0.15) is 25.7 Å². The van der Waals surface area contributed by atoms with Crippen LogP contribution < -0.4 is 16.4 Å². The molecular formula is C15H29N3O8. The molecule has 0 radical (unpaired) electrons. The lowest BCUT2D eigenvalue weighted by Crippen LogP contribution is -2.52. The Balaban J connectivity index is 4.46. The van der Waals surface area contributed by atoms with E-state index in [2.05, 4.69) is 10.6 Å². The molecule has 0 aromatic heterocycles. The third kappa shape index (κ3) is 12.6. The topological polar surface area (TPSA) is 180 Å². The Kier molecular flexibility index (Phi) is 13.4. The smallest absolute Gasteiger partial charge is 0.303 e. The third-order valence-electron chi connectivity index (χ3n) is 3.33. The molecule has 11 heteroatoms. The fourth-order valence-electron chi connectivity index (χ4n) is 1.89. The number of hydrogen-bond donors (Lipinski definition) is 6. The van der Waals surface area contributed by atoms with Gasteiger partial charge >= 0.3 is 5.97 Å². The number of methoxy groups -OCH3 is 1. The first kappa shape index (κ1) is 24.2. The zero-order valence-electron chi connectivity index (χ0n) is 14.8. The van der Waals surface area contributed by atoms with E-state index in [0.29, 0.717) is 13.2 Å². The fourth-order valence-corrected chi connectivity index (χ4v) is 1.89. The predicted molar refractivity (Wildman–Crippen MR) is 89.9 cm³/mol. The molecule has 2 amide bonds. The number of carboxylic acids is 1. The van der Waals surface area contributed by atoms with E-state index in [4.69, 9.17) is 30.5 Å². The molecule has 0 fully saturated rings. The number of aliphatic hydroxyl groups excluding tert-OH is 1. The van der Waals surface area contributed by atoms with Crippen LogP contribution in [0.25, 0.3) is 0 Å². The van der Waals surface area contributed by atoms with Crippen LogP contribution >= 0.6 is 0 Å². The summed E-state index contributed by atoms with van der Waals surface area (Å²) in [6.45, 7) is 1.25. The first-order valence-electron chi connectivity index (χ1n) is 8.26. The summed E-state index contributed by atoms with van der Waals surface area (Å²) in [6, 6.07) is -2.11. The van der Waals surface area contributed by atoms with Crippen molar-refractivity contribution in [1.29, 1.82) is 0 Å². The summed E-state index contributed by atoms with van der Waals surface area (Å²) < 4.78 is 10.0. The minimum Gasteiger partial charge on any atom is -0.481 e. The highest BCUT2D eigenvalue weighted by atomic mass is 16.5. The van der Waals surface area contributed by atoms with Crippen LogP contribution in [-0.2, 0) is 23.9 Å². The maximum absolute atomic E-state index is 12.2. The van der Waals surface area contributed by atoms with Crippen LogP contribution in [0.3, 0.4) is 0 Å². The maximum atomic E-state index is 12.2. The van der Waals surface area contributed by atoms with Gasteiger partial charge in [-0.2, -0.15) is 0 Å². The van der Waals surface area contributed by atoms with E-state index >= 15 is 0 Å². The van der Waals surface area contributed by atoms with Crippen molar-refractivity contribution in [3.8, 4) is 0 Å². The lowest BCUT2D eigenvalue weighted by Gasteiger charge is -2.21. The van der Waals surface area contributed by atoms with Gasteiger partial charge in [-0.1, -0.05) is 0 Å². The van der Waals surface area contributed by atoms with Crippen molar-refractivity contribution >= 4 is 17.8 Å². The van der Waals surface area contributed by atoms with Crippen molar-refractivity contribution < 1.29 is 39.2 Å². The highest BCUT2D eigenvalue weighted by Crippen LogP contribution is 2.03. The van der Waals surface area contributed by atoms with Crippen LogP contribution in [0.5, 0.6) is 0 Å². The van der Waals surface area contributed by atoms with Gasteiger partial charge in [0.1, 0.15) is 6.04 Å². The van der Waals surface area contributed by atoms with Gasteiger partial charge in [0.25, 0.3) is 0 Å². The quantitative estimate of drug-likeness (QED) is 0.133. The molecule has 0 aromatic rings. The molecule has 0 bridgehead atoms. The molecule has 0 saturated heterocycles. The SMILES string of the molecule is COCCOCCNC(=O)C(CCC(O)O)NC(=O)C(N)CCC(=O)O. The molecule has 0 aromatic carbocycles. The summed E-state index contributed by atoms with van der Waals surface area (Å²) in [6.07, 6.45) is -2.14. The maximum Gasteiger partial charge on any atom is 0.303 e. The summed E-state index contributed by atoms with van der Waals surface area (Å²) in [5.74, 6) is -2.30. The molecule has 152 valence electrons. The van der Waals surface area contributed by atoms with Gasteiger partial charge in [-0.15, -0.1) is 0 Å². The van der Waals surface area contributed by atoms with Crippen molar-refractivity contribution in [3.05, 3.63) is 0 Å². The van der Waals surface area contributed by atoms with Crippen molar-refractivity contribution in [2.45, 2.75) is 44.1 Å². The molecule has 7 N–H and O–H groups in total. The van der Waals surface area contributed by atoms with Gasteiger partial charge in [0.05, 0.1) is 25.9 Å². The summed E-state index contributed by atoms with van der Waals surface area (Å²) in [5.41, 5.74) is 5.60. The van der Waals surface area contributed by atoms with Crippen LogP contribution in [0.2, 0.25) is 0 Å². The molecular weight excluding hydrogens is 350 g/mol. The van der Waals surface area contributed by atoms with Crippen molar-refractivity contribution in [3.63, 3.8) is 0 Å². The van der Waals surface area contributed by atoms with Crippen LogP contribution in [0, 0.1) is 0 Å². The second kappa shape index (κ2) is 14.4. The van der Waals surface area contributed by atoms with Gasteiger partial charge in [-0.3, -0.25) is 14.4 Å². The second-order valence-electron chi connectivity index (χ2n) is 5.55. The number of amides is 2. The van der Waals surface area contributed by atoms with Gasteiger partial charge in [0.2, 0.25) is 11.8 Å². The fraction of sp³-hybridized carbons (Fsp3) is 0.800. The minimum atomic E-state index is -1.62. The number of aliphatic carboxylic acids is 1. The molecule has 0 rings (SSSR count). The summed E-state index contributed by atoms with van der Waals surface area (Å²) in [4.78, 5) is 34.7. The monoisotopic (exact) mass is 379 g/mol. The van der Waals surface area contributed by atoms with Gasteiger partial charge in [-0.25, -0.2) is 0 Å². The van der Waals surface area contributed by atoms with E-state index in [0.717, 1.165) is 0 Å². The highest BCUT2D eigenvalue weighted by Gasteiger charge is 2.24. The first-order valence-corrected chi connectivity index (χ1v) is 8.26. The number of ether oxygens (including phenoxy) is 2. The Labute approximate surface area is 151 Å². The number of nitrogens with two attached hydrogens (primary N) is 1. The molecule has 0 spiro atoms. The number of nitrogens with one attached hydrogen (secondary N) is 2. The number of rotatable bonds is 15. The lowest BCUT2D eigenvalue weighted by molar-refractivity contribution is -0.137. The normalized spacial score (nSPS) is 13.3. The van der Waals surface area contributed by atoms with Gasteiger partial charge in [0.15, 0.2) is 6.29 Å². The van der Waals surface area contributed by atoms with E-state index in [1.807, 2.05) is 0 Å². The largest absolute Gasteiger partial charge is 0.481 e. The number of carboxylic acid groups (broad SMARTS) is 1. The Morgan fingerprint density at radius 3 is 2.31 bits per heavy atom. The molecule has 0 aliphatic rings. The molecule has 2 atom stereocenters. The van der Waals surface area contributed by atoms with E-state index in [1.165, 1.54) is 7.11 Å². The van der Waals surface area contributed by atoms with Crippen molar-refractivity contribution in [1.82, 2.24) is 10.6 Å². The van der Waals surface area contributed by atoms with Crippen molar-refractivity contribution in [2.75, 3.05) is 33.5 Å². The molecule has 0 aliphatic carbocycles. The zero-order valence-corrected chi connectivity index (χ0v) is 14.8. The summed E-state index contributed by atoms with van der Waals surface area (Å²) in [5, 5.41) is 31.5. The van der Waals surface area contributed by atoms with Crippen LogP contribution in [0.4, 0.5) is 0 Å². The first-order chi connectivity index (χ1) is 12.3. The van der Waals surface area contributed by atoms with E-state index < -0.39 is 36.2 Å². The Morgan fingerprint density at radius 2 is 1.73 bits per heavy atom. The molecule has 2 unspecified atom stereocenters. The van der Waals surface area contributed by atoms with Crippen molar-refractivity contribution in [2.24, 2.45) is 5.73 Å². The average Bonchev–Trinajstić information content (AvgIpc) is 2.58. The summed E-state index contributed by atoms with van der Waals surface area (Å²) >= 11 is 0. The number of carbonyl (C=O) groups excluding carboxylic acids is 2. The number of carbonyl (C=O) groups is 3. The number of aliphatic hydroxyl groups is 2. The Morgan fingerprint density at radius 1 is 1.04 bits per heavy atom. The van der Waals surface area contributed by atoms with E-state index in [-0.39, 0.29) is 38.8 Å². The predicted octanol–water partition coefficient (Wildman–Crippen LogP) is -2.47. The minimum absolute atomic E-state index is 0.0224. The highest BCUT2D eigenvalue weighted by molar-refractivity contribution is 5.89. The molecule has 0 heterocycles. The lowest BCUT2D eigenvalue weighted by atomic mass is 10.1. The molecule has 11 nitrogen and oxygen atoms in total. The van der Waals surface area contributed by atoms with Gasteiger partial charge in [0, 0.05) is 26.5 Å². The van der Waals surface area contributed by atoms with E-state index in [1.54, 1.807) is 0 Å². The number of hydrogen-bond acceptors (Lipinski definition) is 8. The Hall–Kier alpha value is -1.79. The standard InChI is InChI=1S/C15H29N3O8/c1-25-8-9-26-7-6-17-15(24)11(3-5-13(21)22)18-14(23)10(16)2-4-12(19)20/h10-11,13,21-22H,2-9,16H2,1H3,(H,17,24)(H,18,23)(H,19,20). The Bertz CT molecular complexity index is 433. The van der Waals surface area contributed by atoms with E-state index in [9.17, 15) is 14.4 Å². The molecule has 0 saturated carbocycles. The summed E-state index contributed by atoms with van der Waals surface area (Å²) in [7, 11) is 1.54. The van der Waals surface area contributed by atoms with Gasteiger partial charge < -0.3 is 41.2 Å². The van der Waals surface area contributed by atoms with Gasteiger partial charge in [-0.05, 0) is 12.8 Å². The third-order valence-corrected chi connectivity index (χ3v) is 3.33. The van der Waals surface area contributed by atoms with Crippen LogP contribution in [-0.4, -0.2) is 85.0 Å². The zero-order chi connectivity index (χ0) is 19.9. The van der Waals surface area contributed by atoms with Crippen LogP contribution in [0.15, 0.2) is 0 Å². The molecule has 26 heavy (non-hydrogen) atoms. The second-order valence-corrected chi connectivity index (χ2v) is 5.55. The average molecular weight is 379 g/mol.